The number of carbonyl (C=O) groups is 1. The quantitative estimate of drug-likeness (QED) is 0.804. The Morgan fingerprint density at radius 1 is 1.33 bits per heavy atom. The summed E-state index contributed by atoms with van der Waals surface area (Å²) in [6, 6.07) is 7.42. The summed E-state index contributed by atoms with van der Waals surface area (Å²) in [6.07, 6.45) is 2.46. The molecule has 2 rings (SSSR count). The van der Waals surface area contributed by atoms with Crippen molar-refractivity contribution in [1.29, 1.82) is 0 Å². The van der Waals surface area contributed by atoms with E-state index in [-0.39, 0.29) is 5.91 Å². The fourth-order valence-electron chi connectivity index (χ4n) is 2.06. The van der Waals surface area contributed by atoms with Crippen molar-refractivity contribution in [2.45, 2.75) is 13.3 Å². The number of carbonyl (C=O) groups excluding carboxylic acids is 1. The first-order valence-corrected chi connectivity index (χ1v) is 7.25. The Morgan fingerprint density at radius 2 is 2.10 bits per heavy atom. The van der Waals surface area contributed by atoms with Crippen LogP contribution in [0.25, 0.3) is 5.69 Å². The van der Waals surface area contributed by atoms with Gasteiger partial charge in [0, 0.05) is 6.54 Å². The van der Waals surface area contributed by atoms with Crippen molar-refractivity contribution >= 4 is 17.5 Å². The highest BCUT2D eigenvalue weighted by Crippen LogP contribution is 2.21. The van der Waals surface area contributed by atoms with E-state index < -0.39 is 0 Å². The molecule has 21 heavy (non-hydrogen) atoms. The van der Waals surface area contributed by atoms with E-state index in [9.17, 15) is 4.79 Å². The molecule has 6 heteroatoms. The number of halogens is 1. The van der Waals surface area contributed by atoms with Gasteiger partial charge in [-0.2, -0.15) is 5.10 Å². The number of hydrogen-bond donors (Lipinski definition) is 2. The summed E-state index contributed by atoms with van der Waals surface area (Å²) in [7, 11) is 1.89. The van der Waals surface area contributed by atoms with Crippen LogP contribution in [0.15, 0.2) is 30.5 Å². The minimum Gasteiger partial charge on any atom is -0.352 e. The lowest BCUT2D eigenvalue weighted by Gasteiger charge is -2.08. The predicted molar refractivity (Wildman–Crippen MR) is 84.2 cm³/mol. The van der Waals surface area contributed by atoms with Crippen LogP contribution in [-0.4, -0.2) is 35.8 Å². The number of nitrogens with zero attached hydrogens (tertiary/aromatic N) is 2. The van der Waals surface area contributed by atoms with Crippen molar-refractivity contribution in [2.75, 3.05) is 20.1 Å². The van der Waals surface area contributed by atoms with Gasteiger partial charge in [-0.25, -0.2) is 4.68 Å². The Morgan fingerprint density at radius 3 is 2.81 bits per heavy atom. The highest BCUT2D eigenvalue weighted by molar-refractivity contribution is 6.32. The maximum atomic E-state index is 12.1. The molecule has 1 aromatic carbocycles. The summed E-state index contributed by atoms with van der Waals surface area (Å²) in [4.78, 5) is 12.1. The molecule has 112 valence electrons. The first-order chi connectivity index (χ1) is 10.1. The molecule has 0 bridgehead atoms. The van der Waals surface area contributed by atoms with Crippen molar-refractivity contribution in [1.82, 2.24) is 20.4 Å². The smallest absolute Gasteiger partial charge is 0.254 e. The van der Waals surface area contributed by atoms with E-state index in [2.05, 4.69) is 15.7 Å². The molecule has 1 amide bonds. The summed E-state index contributed by atoms with van der Waals surface area (Å²) in [5.74, 6) is -0.109. The molecule has 0 aliphatic heterocycles. The summed E-state index contributed by atoms with van der Waals surface area (Å²) < 4.78 is 1.69. The molecule has 0 fully saturated rings. The number of hydrogen-bond acceptors (Lipinski definition) is 3. The lowest BCUT2D eigenvalue weighted by molar-refractivity contribution is 0.0952. The summed E-state index contributed by atoms with van der Waals surface area (Å²) in [5.41, 5.74) is 2.11. The Kier molecular flexibility index (Phi) is 5.36. The zero-order valence-corrected chi connectivity index (χ0v) is 12.9. The third-order valence-electron chi connectivity index (χ3n) is 3.22. The first kappa shape index (κ1) is 15.5. The molecule has 0 spiro atoms. The third kappa shape index (κ3) is 3.62. The average molecular weight is 307 g/mol. The van der Waals surface area contributed by atoms with E-state index >= 15 is 0 Å². The molecule has 0 aliphatic carbocycles. The third-order valence-corrected chi connectivity index (χ3v) is 3.54. The summed E-state index contributed by atoms with van der Waals surface area (Å²) in [5, 5.41) is 10.8. The van der Waals surface area contributed by atoms with E-state index in [4.69, 9.17) is 11.6 Å². The molecule has 0 unspecified atom stereocenters. The van der Waals surface area contributed by atoms with Gasteiger partial charge in [-0.3, -0.25) is 4.79 Å². The van der Waals surface area contributed by atoms with Crippen molar-refractivity contribution < 1.29 is 4.79 Å². The molecule has 1 aromatic heterocycles. The normalized spacial score (nSPS) is 10.6. The summed E-state index contributed by atoms with van der Waals surface area (Å²) >= 11 is 6.17. The molecule has 5 nitrogen and oxygen atoms in total. The topological polar surface area (TPSA) is 58.9 Å². The van der Waals surface area contributed by atoms with Gasteiger partial charge in [0.25, 0.3) is 5.91 Å². The van der Waals surface area contributed by atoms with Gasteiger partial charge in [-0.05, 0) is 39.1 Å². The van der Waals surface area contributed by atoms with Crippen molar-refractivity contribution in [3.8, 4) is 5.69 Å². The minimum atomic E-state index is -0.109. The van der Waals surface area contributed by atoms with Gasteiger partial charge in [0.2, 0.25) is 0 Å². The SMILES string of the molecule is CNCCCNC(=O)c1cnn(-c2ccccc2Cl)c1C. The molecule has 2 N–H and O–H groups in total. The van der Waals surface area contributed by atoms with E-state index in [0.717, 1.165) is 24.3 Å². The number of aromatic nitrogens is 2. The molecular weight excluding hydrogens is 288 g/mol. The van der Waals surface area contributed by atoms with Gasteiger partial charge in [0.1, 0.15) is 0 Å². The van der Waals surface area contributed by atoms with Crippen LogP contribution in [0.5, 0.6) is 0 Å². The van der Waals surface area contributed by atoms with E-state index in [1.54, 1.807) is 16.9 Å². The van der Waals surface area contributed by atoms with Crippen LogP contribution in [0.3, 0.4) is 0 Å². The molecule has 2 aromatic rings. The van der Waals surface area contributed by atoms with Crippen LogP contribution in [-0.2, 0) is 0 Å². The zero-order valence-electron chi connectivity index (χ0n) is 12.2. The molecule has 0 saturated heterocycles. The monoisotopic (exact) mass is 306 g/mol. The molecule has 0 radical (unpaired) electrons. The van der Waals surface area contributed by atoms with E-state index in [1.807, 2.05) is 32.2 Å². The summed E-state index contributed by atoms with van der Waals surface area (Å²) in [6.45, 7) is 3.37. The van der Waals surface area contributed by atoms with Crippen LogP contribution in [0, 0.1) is 6.92 Å². The molecule has 1 heterocycles. The predicted octanol–water partition coefficient (Wildman–Crippen LogP) is 2.17. The number of rotatable bonds is 6. The number of para-hydroxylation sites is 1. The Labute approximate surface area is 129 Å². The zero-order chi connectivity index (χ0) is 15.2. The number of amides is 1. The Bertz CT molecular complexity index is 624. The Balaban J connectivity index is 2.14. The molecule has 0 aliphatic rings. The van der Waals surface area contributed by atoms with E-state index in [0.29, 0.717) is 17.1 Å². The lowest BCUT2D eigenvalue weighted by atomic mass is 10.2. The van der Waals surface area contributed by atoms with Crippen LogP contribution >= 0.6 is 11.6 Å². The van der Waals surface area contributed by atoms with Crippen molar-refractivity contribution in [3.63, 3.8) is 0 Å². The van der Waals surface area contributed by atoms with Crippen LogP contribution < -0.4 is 10.6 Å². The maximum absolute atomic E-state index is 12.1. The van der Waals surface area contributed by atoms with Gasteiger partial charge >= 0.3 is 0 Å². The highest BCUT2D eigenvalue weighted by atomic mass is 35.5. The fraction of sp³-hybridized carbons (Fsp3) is 0.333. The number of benzene rings is 1. The van der Waals surface area contributed by atoms with Crippen molar-refractivity contribution in [3.05, 3.63) is 46.7 Å². The van der Waals surface area contributed by atoms with Gasteiger partial charge < -0.3 is 10.6 Å². The first-order valence-electron chi connectivity index (χ1n) is 6.87. The van der Waals surface area contributed by atoms with Crippen molar-refractivity contribution in [2.24, 2.45) is 0 Å². The van der Waals surface area contributed by atoms with Crippen LogP contribution in [0.4, 0.5) is 0 Å². The lowest BCUT2D eigenvalue weighted by Crippen LogP contribution is -2.26. The maximum Gasteiger partial charge on any atom is 0.254 e. The second-order valence-electron chi connectivity index (χ2n) is 4.72. The average Bonchev–Trinajstić information content (AvgIpc) is 2.86. The molecule has 0 atom stereocenters. The molecular formula is C15H19ClN4O. The second kappa shape index (κ2) is 7.24. The molecule has 0 saturated carbocycles. The van der Waals surface area contributed by atoms with Gasteiger partial charge in [-0.15, -0.1) is 0 Å². The largest absolute Gasteiger partial charge is 0.352 e. The highest BCUT2D eigenvalue weighted by Gasteiger charge is 2.15. The fourth-order valence-corrected chi connectivity index (χ4v) is 2.28. The van der Waals surface area contributed by atoms with E-state index in [1.165, 1.54) is 0 Å². The standard InChI is InChI=1S/C15H19ClN4O/c1-11-12(15(21)18-9-5-8-17-2)10-19-20(11)14-7-4-3-6-13(14)16/h3-4,6-7,10,17H,5,8-9H2,1-2H3,(H,18,21). The van der Waals surface area contributed by atoms with Crippen LogP contribution in [0.2, 0.25) is 5.02 Å². The second-order valence-corrected chi connectivity index (χ2v) is 5.13. The van der Waals surface area contributed by atoms with Crippen LogP contribution in [0.1, 0.15) is 22.5 Å². The van der Waals surface area contributed by atoms with Gasteiger partial charge in [-0.1, -0.05) is 23.7 Å². The van der Waals surface area contributed by atoms with Gasteiger partial charge in [0.15, 0.2) is 0 Å². The minimum absolute atomic E-state index is 0.109. The Hall–Kier alpha value is -1.85. The van der Waals surface area contributed by atoms with Gasteiger partial charge in [0.05, 0.1) is 28.2 Å². The number of nitrogens with one attached hydrogen (secondary N) is 2.